The lowest BCUT2D eigenvalue weighted by Gasteiger charge is -2.17. The molecule has 0 aliphatic rings. The van der Waals surface area contributed by atoms with E-state index in [2.05, 4.69) is 10.4 Å². The monoisotopic (exact) mass is 398 g/mol. The van der Waals surface area contributed by atoms with Gasteiger partial charge in [0.05, 0.1) is 30.6 Å². The fourth-order valence-electron chi connectivity index (χ4n) is 2.43. The number of rotatable bonds is 6. The number of hydrazine groups is 1. The van der Waals surface area contributed by atoms with Gasteiger partial charge in [-0.15, -0.1) is 0 Å². The number of hydrogen-bond acceptors (Lipinski definition) is 6. The van der Waals surface area contributed by atoms with Crippen LogP contribution in [-0.4, -0.2) is 26.1 Å². The number of nitrogens with one attached hydrogen (secondary N) is 1. The molecule has 1 aromatic heterocycles. The summed E-state index contributed by atoms with van der Waals surface area (Å²) in [7, 11) is -0.802. The number of nitriles is 1. The lowest BCUT2D eigenvalue weighted by atomic mass is 10.1. The minimum absolute atomic E-state index is 0.0336. The van der Waals surface area contributed by atoms with Crippen molar-refractivity contribution in [3.05, 3.63) is 72.3 Å². The molecule has 2 aromatic carbocycles. The van der Waals surface area contributed by atoms with Gasteiger partial charge in [-0.05, 0) is 46.5 Å². The second kappa shape index (κ2) is 8.58. The fraction of sp³-hybridized carbons (Fsp3) is 0.0526. The molecule has 9 heteroatoms. The summed E-state index contributed by atoms with van der Waals surface area (Å²) >= 11 is 0. The van der Waals surface area contributed by atoms with Gasteiger partial charge in [0, 0.05) is 11.8 Å². The molecule has 0 bridgehead atoms. The van der Waals surface area contributed by atoms with Crippen molar-refractivity contribution < 1.29 is 18.5 Å². The van der Waals surface area contributed by atoms with E-state index in [4.69, 9.17) is 10.00 Å². The van der Waals surface area contributed by atoms with Crippen LogP contribution in [0.2, 0.25) is 0 Å². The first-order valence-corrected chi connectivity index (χ1v) is 9.09. The zero-order chi connectivity index (χ0) is 20.1. The molecule has 0 saturated heterocycles. The van der Waals surface area contributed by atoms with Crippen molar-refractivity contribution in [3.8, 4) is 22.9 Å². The summed E-state index contributed by atoms with van der Waals surface area (Å²) in [6, 6.07) is 14.1. The molecule has 0 aliphatic carbocycles. The van der Waals surface area contributed by atoms with Gasteiger partial charge in [-0.3, -0.25) is 15.6 Å². The fourth-order valence-corrected chi connectivity index (χ4v) is 3.34. The molecule has 28 heavy (non-hydrogen) atoms. The van der Waals surface area contributed by atoms with Gasteiger partial charge in [-0.25, -0.2) is 8.60 Å². The van der Waals surface area contributed by atoms with Crippen LogP contribution in [-0.2, 0) is 11.0 Å². The number of benzene rings is 2. The van der Waals surface area contributed by atoms with Crippen molar-refractivity contribution in [2.75, 3.05) is 12.5 Å². The lowest BCUT2D eigenvalue weighted by Crippen LogP contribution is -2.28. The second-order valence-corrected chi connectivity index (χ2v) is 6.86. The Morgan fingerprint density at radius 2 is 1.93 bits per heavy atom. The Morgan fingerprint density at radius 3 is 2.61 bits per heavy atom. The number of aromatic nitrogens is 1. The van der Waals surface area contributed by atoms with Crippen molar-refractivity contribution in [3.63, 3.8) is 0 Å². The lowest BCUT2D eigenvalue weighted by molar-refractivity contribution is 0.0363. The number of methoxy groups -OCH3 is 1. The van der Waals surface area contributed by atoms with Crippen LogP contribution in [0.1, 0.15) is 5.56 Å². The molecule has 142 valence electrons. The van der Waals surface area contributed by atoms with Crippen LogP contribution in [0.4, 0.5) is 10.1 Å². The first-order valence-electron chi connectivity index (χ1n) is 7.98. The molecule has 1 atom stereocenters. The van der Waals surface area contributed by atoms with Gasteiger partial charge < -0.3 is 4.74 Å². The van der Waals surface area contributed by atoms with Gasteiger partial charge in [-0.2, -0.15) is 5.26 Å². The Balaban J connectivity index is 1.81. The highest BCUT2D eigenvalue weighted by Crippen LogP contribution is 2.26. The smallest absolute Gasteiger partial charge is 0.175 e. The van der Waals surface area contributed by atoms with Gasteiger partial charge in [0.15, 0.2) is 11.0 Å². The Labute approximate surface area is 163 Å². The molecular formula is C19H15FN4O3S. The average Bonchev–Trinajstić information content (AvgIpc) is 2.73. The molecule has 1 unspecified atom stereocenters. The normalized spacial score (nSPS) is 11.7. The number of anilines is 1. The first kappa shape index (κ1) is 19.4. The zero-order valence-corrected chi connectivity index (χ0v) is 15.5. The highest BCUT2D eigenvalue weighted by Gasteiger charge is 2.19. The number of nitrogens with zero attached hydrogens (tertiary/aromatic N) is 3. The minimum atomic E-state index is -2.16. The molecule has 3 rings (SSSR count). The number of halogens is 1. The predicted molar refractivity (Wildman–Crippen MR) is 101 cm³/mol. The van der Waals surface area contributed by atoms with Crippen molar-refractivity contribution in [2.45, 2.75) is 4.90 Å². The summed E-state index contributed by atoms with van der Waals surface area (Å²) in [5.74, 6) is -0.438. The maximum Gasteiger partial charge on any atom is 0.175 e. The third kappa shape index (κ3) is 4.32. The zero-order valence-electron chi connectivity index (χ0n) is 14.7. The third-order valence-electron chi connectivity index (χ3n) is 3.78. The quantitative estimate of drug-likeness (QED) is 0.617. The van der Waals surface area contributed by atoms with E-state index in [1.165, 1.54) is 25.4 Å². The Hall–Kier alpha value is -3.32. The summed E-state index contributed by atoms with van der Waals surface area (Å²) < 4.78 is 31.4. The van der Waals surface area contributed by atoms with Gasteiger partial charge in [0.2, 0.25) is 0 Å². The van der Waals surface area contributed by atoms with Gasteiger partial charge in [0.25, 0.3) is 0 Å². The van der Waals surface area contributed by atoms with Gasteiger partial charge in [0.1, 0.15) is 16.5 Å². The second-order valence-electron chi connectivity index (χ2n) is 5.58. The maximum atomic E-state index is 13.5. The van der Waals surface area contributed by atoms with E-state index in [1.54, 1.807) is 36.5 Å². The van der Waals surface area contributed by atoms with Crippen LogP contribution in [0, 0.1) is 17.1 Å². The van der Waals surface area contributed by atoms with E-state index in [0.717, 1.165) is 17.2 Å². The SMILES string of the molecule is COc1ccc(F)cc1S(=O)N(O)Nc1cncc(-c2ccc(C#N)cc2)c1. The van der Waals surface area contributed by atoms with Crippen LogP contribution >= 0.6 is 0 Å². The number of hydrogen-bond donors (Lipinski definition) is 2. The summed E-state index contributed by atoms with van der Waals surface area (Å²) in [6.07, 6.45) is 3.04. The first-order chi connectivity index (χ1) is 13.5. The van der Waals surface area contributed by atoms with Gasteiger partial charge >= 0.3 is 0 Å². The van der Waals surface area contributed by atoms with Crippen molar-refractivity contribution in [1.82, 2.24) is 9.56 Å². The summed E-state index contributed by atoms with van der Waals surface area (Å²) in [5.41, 5.74) is 4.96. The van der Waals surface area contributed by atoms with Crippen LogP contribution in [0.5, 0.6) is 5.75 Å². The molecule has 0 amide bonds. The number of pyridine rings is 1. The molecule has 7 nitrogen and oxygen atoms in total. The van der Waals surface area contributed by atoms with Gasteiger partial charge in [-0.1, -0.05) is 12.1 Å². The Kier molecular flexibility index (Phi) is 5.96. The summed E-state index contributed by atoms with van der Waals surface area (Å²) in [4.78, 5) is 4.05. The third-order valence-corrected chi connectivity index (χ3v) is 4.88. The molecule has 3 aromatic rings. The highest BCUT2D eigenvalue weighted by molar-refractivity contribution is 7.82. The van der Waals surface area contributed by atoms with Crippen LogP contribution in [0.15, 0.2) is 65.8 Å². The molecule has 1 heterocycles. The summed E-state index contributed by atoms with van der Waals surface area (Å²) in [5, 5.41) is 19.0. The van der Waals surface area contributed by atoms with Crippen LogP contribution in [0.25, 0.3) is 11.1 Å². The van der Waals surface area contributed by atoms with Crippen molar-refractivity contribution >= 4 is 16.7 Å². The topological polar surface area (TPSA) is 98.5 Å². The molecule has 0 fully saturated rings. The standard InChI is InChI=1S/C19H15FN4O3S/c1-27-18-7-6-16(20)9-19(18)28(26)24(25)23-17-8-15(11-22-12-17)14-4-2-13(10-21)3-5-14/h2-9,11-12,23,25H,1H3. The predicted octanol–water partition coefficient (Wildman–Crippen LogP) is 3.51. The number of ether oxygens (including phenoxy) is 1. The molecule has 0 spiro atoms. The molecule has 2 N–H and O–H groups in total. The largest absolute Gasteiger partial charge is 0.495 e. The van der Waals surface area contributed by atoms with Crippen molar-refractivity contribution in [2.24, 2.45) is 0 Å². The van der Waals surface area contributed by atoms with E-state index >= 15 is 0 Å². The van der Waals surface area contributed by atoms with Crippen LogP contribution in [0.3, 0.4) is 0 Å². The highest BCUT2D eigenvalue weighted by atomic mass is 32.2. The van der Waals surface area contributed by atoms with E-state index < -0.39 is 16.8 Å². The maximum absolute atomic E-state index is 13.5. The average molecular weight is 398 g/mol. The Bertz CT molecular complexity index is 1050. The molecule has 0 radical (unpaired) electrons. The molecule has 0 aliphatic heterocycles. The van der Waals surface area contributed by atoms with Crippen LogP contribution < -0.4 is 10.2 Å². The van der Waals surface area contributed by atoms with E-state index in [9.17, 15) is 13.8 Å². The van der Waals surface area contributed by atoms with E-state index in [1.807, 2.05) is 6.07 Å². The minimum Gasteiger partial charge on any atom is -0.495 e. The van der Waals surface area contributed by atoms with E-state index in [0.29, 0.717) is 15.8 Å². The Morgan fingerprint density at radius 1 is 1.18 bits per heavy atom. The van der Waals surface area contributed by atoms with Crippen molar-refractivity contribution in [1.29, 1.82) is 5.26 Å². The molecule has 0 saturated carbocycles. The van der Waals surface area contributed by atoms with E-state index in [-0.39, 0.29) is 10.6 Å². The molecular weight excluding hydrogens is 383 g/mol. The summed E-state index contributed by atoms with van der Waals surface area (Å²) in [6.45, 7) is 0.